The van der Waals surface area contributed by atoms with Crippen molar-refractivity contribution in [1.29, 1.82) is 0 Å². The van der Waals surface area contributed by atoms with Crippen LogP contribution >= 0.6 is 23.2 Å². The number of aromatic nitrogens is 1. The third-order valence-corrected chi connectivity index (χ3v) is 21.4. The fourth-order valence-corrected chi connectivity index (χ4v) is 17.8. The number of alkyl halides is 2. The smallest absolute Gasteiger partial charge is 0.0967 e. The predicted octanol–water partition coefficient (Wildman–Crippen LogP) is 20.5. The molecule has 6 saturated carbocycles. The molecule has 0 aromatic carbocycles. The molecule has 1 aromatic rings. The highest BCUT2D eigenvalue weighted by atomic mass is 35.5. The highest BCUT2D eigenvalue weighted by molar-refractivity contribution is 6.40. The Hall–Kier alpha value is -0.830. The van der Waals surface area contributed by atoms with E-state index in [1.54, 1.807) is 18.0 Å². The lowest BCUT2D eigenvalue weighted by atomic mass is 9.46. The van der Waals surface area contributed by atoms with Crippen molar-refractivity contribution in [3.8, 4) is 0 Å². The molecule has 394 valence electrons. The summed E-state index contributed by atoms with van der Waals surface area (Å²) in [5.74, 6) is 12.2. The van der Waals surface area contributed by atoms with Crippen molar-refractivity contribution < 1.29 is 5.11 Å². The minimum Gasteiger partial charge on any atom is -0.393 e. The Balaban J connectivity index is 0.000000294. The molecule has 0 amide bonds. The third kappa shape index (κ3) is 13.5. The second kappa shape index (κ2) is 26.9. The first-order chi connectivity index (χ1) is 30.9. The maximum atomic E-state index is 10.2. The number of nitrogens with zero attached hydrogens (tertiary/aromatic N) is 1. The van der Waals surface area contributed by atoms with E-state index >= 15 is 0 Å². The topological polar surface area (TPSA) is 33.1 Å². The van der Waals surface area contributed by atoms with Gasteiger partial charge in [0.05, 0.1) is 11.4 Å². The molecule has 9 rings (SSSR count). The summed E-state index contributed by atoms with van der Waals surface area (Å²) < 4.78 is 0. The maximum absolute atomic E-state index is 10.2. The number of hydrogen-bond donors (Lipinski definition) is 1. The minimum atomic E-state index is -0.0766. The average molecular weight is 984 g/mol. The van der Waals surface area contributed by atoms with Crippen LogP contribution in [-0.2, 0) is 0 Å². The molecule has 1 aromatic heterocycles. The van der Waals surface area contributed by atoms with Crippen LogP contribution in [0.4, 0.5) is 0 Å². The van der Waals surface area contributed by atoms with Crippen LogP contribution in [0, 0.1) is 98.6 Å². The summed E-state index contributed by atoms with van der Waals surface area (Å²) in [6, 6.07) is 5.72. The molecule has 8 aliphatic rings. The zero-order valence-corrected chi connectivity index (χ0v) is 45.6. The Morgan fingerprint density at radius 1 is 0.559 bits per heavy atom. The van der Waals surface area contributed by atoms with Crippen molar-refractivity contribution >= 4 is 23.2 Å². The summed E-state index contributed by atoms with van der Waals surface area (Å²) in [6.07, 6.45) is 39.6. The fraction of sp³-hybridized carbons (Fsp3) is 0.859. The molecular formula is C64H113Cl2NO. The number of pyridine rings is 1. The molecule has 1 N–H and O–H groups in total. The van der Waals surface area contributed by atoms with E-state index in [-0.39, 0.29) is 33.7 Å². The third-order valence-electron chi connectivity index (χ3n) is 21.4. The van der Waals surface area contributed by atoms with Gasteiger partial charge in [-0.05, 0) is 213 Å². The quantitative estimate of drug-likeness (QED) is 0.187. The molecule has 0 unspecified atom stereocenters. The van der Waals surface area contributed by atoms with Gasteiger partial charge in [0.25, 0.3) is 0 Å². The molecule has 0 spiro atoms. The standard InChI is InChI=1S/C28H48.C27H46O.C5H5N.CH2Cl2.3CH4/c1-19(2)8-7-9-21(4)24-12-13-25-23-11-10-22-18-20(3)14-16-27(22,5)26(23)15-17-28(24,25)6;1-18(2)7-6-8-19(3)23-11-12-24-22-10-9-20-17-21(28)13-15-26(20,4)25(22)14-16-27(23,24)5;1-2-4-6-5-3-1;2-1-3;;;/h10,19-21,23-26H,7-9,11-18H2,1-6H3;9,18-19,21-25,28H,6-8,10-17H2,1-5H3;1-5H;1H2;3*1H4/t20-,21+,23-,24+,25-,26-,27-,28+;19-,21+,22+,23-,24+,25+,26+,27-;;;;;/m01...../s1. The van der Waals surface area contributed by atoms with Crippen molar-refractivity contribution in [2.45, 2.75) is 246 Å². The molecule has 6 fully saturated rings. The normalized spacial score (nSPS) is 39.3. The number of allylic oxidation sites excluding steroid dienone is 3. The summed E-state index contributed by atoms with van der Waals surface area (Å²) in [5.41, 5.74) is 5.67. The average Bonchev–Trinajstić information content (AvgIpc) is 3.82. The molecule has 0 aliphatic heterocycles. The number of halogens is 2. The van der Waals surface area contributed by atoms with Gasteiger partial charge in [-0.3, -0.25) is 4.98 Å². The van der Waals surface area contributed by atoms with Gasteiger partial charge in [0.1, 0.15) is 0 Å². The number of aliphatic hydroxyl groups is 1. The van der Waals surface area contributed by atoms with Crippen LogP contribution in [0.25, 0.3) is 0 Å². The van der Waals surface area contributed by atoms with Gasteiger partial charge >= 0.3 is 0 Å². The first-order valence-electron chi connectivity index (χ1n) is 28.0. The van der Waals surface area contributed by atoms with Gasteiger partial charge in [0, 0.05) is 12.4 Å². The Kier molecular flexibility index (Phi) is 24.3. The minimum absolute atomic E-state index is 0. The molecule has 8 aliphatic carbocycles. The second-order valence-electron chi connectivity index (χ2n) is 25.9. The van der Waals surface area contributed by atoms with Crippen molar-refractivity contribution in [1.82, 2.24) is 4.98 Å². The van der Waals surface area contributed by atoms with Gasteiger partial charge in [-0.15, -0.1) is 23.2 Å². The van der Waals surface area contributed by atoms with Gasteiger partial charge in [-0.25, -0.2) is 0 Å². The van der Waals surface area contributed by atoms with Crippen molar-refractivity contribution in [2.75, 3.05) is 5.34 Å². The number of aliphatic hydroxyl groups excluding tert-OH is 1. The lowest BCUT2D eigenvalue weighted by Crippen LogP contribution is -2.50. The molecule has 16 atom stereocenters. The maximum Gasteiger partial charge on any atom is 0.0967 e. The predicted molar refractivity (Wildman–Crippen MR) is 302 cm³/mol. The molecule has 0 bridgehead atoms. The van der Waals surface area contributed by atoms with Gasteiger partial charge in [-0.2, -0.15) is 0 Å². The van der Waals surface area contributed by atoms with Crippen LogP contribution in [0.1, 0.15) is 240 Å². The van der Waals surface area contributed by atoms with E-state index in [0.717, 1.165) is 89.8 Å². The Labute approximate surface area is 434 Å². The summed E-state index contributed by atoms with van der Waals surface area (Å²) in [5, 5.41) is 10.4. The number of hydrogen-bond acceptors (Lipinski definition) is 2. The van der Waals surface area contributed by atoms with Gasteiger partial charge in [0.2, 0.25) is 0 Å². The monoisotopic (exact) mass is 982 g/mol. The fourth-order valence-electron chi connectivity index (χ4n) is 17.8. The van der Waals surface area contributed by atoms with E-state index in [1.165, 1.54) is 128 Å². The lowest BCUT2D eigenvalue weighted by molar-refractivity contribution is -0.0573. The molecular weight excluding hydrogens is 870 g/mol. The van der Waals surface area contributed by atoms with E-state index in [4.69, 9.17) is 23.2 Å². The highest BCUT2D eigenvalue weighted by Gasteiger charge is 2.60. The van der Waals surface area contributed by atoms with Gasteiger partial charge in [0.15, 0.2) is 0 Å². The molecule has 0 saturated heterocycles. The van der Waals surface area contributed by atoms with Crippen molar-refractivity contribution in [2.24, 2.45) is 98.6 Å². The van der Waals surface area contributed by atoms with Crippen molar-refractivity contribution in [3.05, 3.63) is 53.9 Å². The van der Waals surface area contributed by atoms with Crippen molar-refractivity contribution in [3.63, 3.8) is 0 Å². The highest BCUT2D eigenvalue weighted by Crippen LogP contribution is 2.69. The molecule has 4 heteroatoms. The SMILES string of the molecule is C.C.C.CC(C)CCC[C@@H](C)[C@H]1CC[C@H]2[C@@H]3CC=C4C[C@@H](C)CC[C@]4(C)[C@H]3CC[C@]12C.CC(C)CCC[C@@H](C)[C@H]1CC[C@H]2[C@@H]3CC=C4C[C@@H](O)CC[C@]4(C)[C@H]3CC[C@]12C.ClCCl.c1ccncc1. The van der Waals surface area contributed by atoms with E-state index < -0.39 is 0 Å². The Morgan fingerprint density at radius 2 is 0.985 bits per heavy atom. The zero-order chi connectivity index (χ0) is 47.2. The molecule has 0 radical (unpaired) electrons. The van der Waals surface area contributed by atoms with Crippen LogP contribution in [-0.4, -0.2) is 21.5 Å². The van der Waals surface area contributed by atoms with E-state index in [0.29, 0.717) is 21.7 Å². The second-order valence-corrected chi connectivity index (χ2v) is 26.8. The first-order valence-corrected chi connectivity index (χ1v) is 29.0. The molecule has 1 heterocycles. The number of fused-ring (bicyclic) bond motifs is 10. The lowest BCUT2D eigenvalue weighted by Gasteiger charge is -2.58. The van der Waals surface area contributed by atoms with E-state index in [1.807, 2.05) is 23.8 Å². The van der Waals surface area contributed by atoms with Crippen LogP contribution in [0.5, 0.6) is 0 Å². The Bertz CT molecular complexity index is 1520. The molecule has 68 heavy (non-hydrogen) atoms. The van der Waals surface area contributed by atoms with E-state index in [9.17, 15) is 5.11 Å². The van der Waals surface area contributed by atoms with Gasteiger partial charge < -0.3 is 5.11 Å². The van der Waals surface area contributed by atoms with Gasteiger partial charge in [-0.1, -0.05) is 166 Å². The summed E-state index contributed by atoms with van der Waals surface area (Å²) in [4.78, 5) is 3.78. The largest absolute Gasteiger partial charge is 0.393 e. The number of rotatable bonds is 10. The van der Waals surface area contributed by atoms with Crippen LogP contribution in [0.3, 0.4) is 0 Å². The first kappa shape index (κ1) is 61.5. The summed E-state index contributed by atoms with van der Waals surface area (Å²) in [6.45, 7) is 27.8. The van der Waals surface area contributed by atoms with Crippen LogP contribution in [0.15, 0.2) is 53.9 Å². The summed E-state index contributed by atoms with van der Waals surface area (Å²) in [7, 11) is 0. The van der Waals surface area contributed by atoms with E-state index in [2.05, 4.69) is 93.3 Å². The Morgan fingerprint density at radius 3 is 1.38 bits per heavy atom. The molecule has 2 nitrogen and oxygen atoms in total. The van der Waals surface area contributed by atoms with Crippen LogP contribution < -0.4 is 0 Å². The summed E-state index contributed by atoms with van der Waals surface area (Å²) >= 11 is 9.53. The van der Waals surface area contributed by atoms with Crippen LogP contribution in [0.2, 0.25) is 0 Å². The zero-order valence-electron chi connectivity index (χ0n) is 44.0.